The maximum atomic E-state index is 4.37. The summed E-state index contributed by atoms with van der Waals surface area (Å²) in [4.78, 5) is 2.28. The minimum atomic E-state index is 0.481. The maximum Gasteiger partial charge on any atom is 0.119 e. The van der Waals surface area contributed by atoms with E-state index in [2.05, 4.69) is 42.7 Å². The summed E-state index contributed by atoms with van der Waals surface area (Å²) in [6.45, 7) is 9.78. The molecule has 0 radical (unpaired) electrons. The van der Waals surface area contributed by atoms with Crippen LogP contribution in [0.25, 0.3) is 0 Å². The topological polar surface area (TPSA) is 18.8 Å². The Labute approximate surface area is 75.0 Å². The highest BCUT2D eigenvalue weighted by atomic mass is 15.6. The average molecular weight is 169 g/mol. The third-order valence-corrected chi connectivity index (χ3v) is 2.28. The van der Waals surface area contributed by atoms with Gasteiger partial charge in [-0.2, -0.15) is 5.10 Å². The Hall–Kier alpha value is -0.730. The average Bonchev–Trinajstić information content (AvgIpc) is 2.46. The molecule has 1 unspecified atom stereocenters. The van der Waals surface area contributed by atoms with Crippen LogP contribution in [0, 0.1) is 0 Å². The molecule has 0 aromatic heterocycles. The van der Waals surface area contributed by atoms with Crippen LogP contribution in [0.2, 0.25) is 0 Å². The van der Waals surface area contributed by atoms with Gasteiger partial charge in [-0.05, 0) is 27.2 Å². The highest BCUT2D eigenvalue weighted by molar-refractivity contribution is 5.57. The van der Waals surface area contributed by atoms with Gasteiger partial charge in [-0.1, -0.05) is 6.92 Å². The minimum Gasteiger partial charge on any atom is -0.340 e. The zero-order chi connectivity index (χ0) is 9.14. The molecule has 12 heavy (non-hydrogen) atoms. The summed E-state index contributed by atoms with van der Waals surface area (Å²) < 4.78 is 0. The summed E-state index contributed by atoms with van der Waals surface area (Å²) in [7, 11) is 0. The van der Waals surface area contributed by atoms with Crippen molar-refractivity contribution in [3.63, 3.8) is 0 Å². The van der Waals surface area contributed by atoms with E-state index < -0.39 is 0 Å². The van der Waals surface area contributed by atoms with E-state index in [1.165, 1.54) is 0 Å². The summed E-state index contributed by atoms with van der Waals surface area (Å²) in [5.41, 5.74) is 0. The van der Waals surface area contributed by atoms with Gasteiger partial charge in [0, 0.05) is 12.6 Å². The molecular weight excluding hydrogens is 150 g/mol. The van der Waals surface area contributed by atoms with Crippen LogP contribution in [0.3, 0.4) is 0 Å². The molecule has 3 nitrogen and oxygen atoms in total. The maximum absolute atomic E-state index is 4.37. The van der Waals surface area contributed by atoms with Crippen molar-refractivity contribution in [1.82, 2.24) is 9.91 Å². The van der Waals surface area contributed by atoms with Crippen LogP contribution in [0.5, 0.6) is 0 Å². The third-order valence-electron chi connectivity index (χ3n) is 2.28. The van der Waals surface area contributed by atoms with Crippen LogP contribution < -0.4 is 0 Å². The van der Waals surface area contributed by atoms with Gasteiger partial charge < -0.3 is 4.90 Å². The lowest BCUT2D eigenvalue weighted by atomic mass is 10.3. The first-order chi connectivity index (χ1) is 5.70. The van der Waals surface area contributed by atoms with Gasteiger partial charge in [0.15, 0.2) is 0 Å². The van der Waals surface area contributed by atoms with Crippen LogP contribution >= 0.6 is 0 Å². The summed E-state index contributed by atoms with van der Waals surface area (Å²) >= 11 is 0. The lowest BCUT2D eigenvalue weighted by Crippen LogP contribution is -2.41. The molecule has 0 N–H and O–H groups in total. The minimum absolute atomic E-state index is 0.481. The Bertz CT molecular complexity index is 165. The summed E-state index contributed by atoms with van der Waals surface area (Å²) in [6, 6.07) is 0.503. The largest absolute Gasteiger partial charge is 0.340 e. The molecule has 70 valence electrons. The highest BCUT2D eigenvalue weighted by Crippen LogP contribution is 2.17. The zero-order valence-corrected chi connectivity index (χ0v) is 8.49. The smallest absolute Gasteiger partial charge is 0.119 e. The quantitative estimate of drug-likeness (QED) is 0.640. The molecule has 1 rings (SSSR count). The Morgan fingerprint density at radius 1 is 1.42 bits per heavy atom. The van der Waals surface area contributed by atoms with Crippen LogP contribution in [0.1, 0.15) is 34.1 Å². The van der Waals surface area contributed by atoms with E-state index >= 15 is 0 Å². The number of hydrazone groups is 1. The molecule has 0 aromatic rings. The zero-order valence-electron chi connectivity index (χ0n) is 8.49. The first kappa shape index (κ1) is 9.36. The monoisotopic (exact) mass is 169 g/mol. The van der Waals surface area contributed by atoms with E-state index in [-0.39, 0.29) is 0 Å². The van der Waals surface area contributed by atoms with Crippen LogP contribution in [-0.2, 0) is 0 Å². The fourth-order valence-electron chi connectivity index (χ4n) is 1.62. The van der Waals surface area contributed by atoms with Gasteiger partial charge in [-0.3, -0.25) is 5.01 Å². The van der Waals surface area contributed by atoms with Gasteiger partial charge in [-0.15, -0.1) is 0 Å². The second-order valence-corrected chi connectivity index (χ2v) is 3.42. The van der Waals surface area contributed by atoms with E-state index in [0.29, 0.717) is 12.2 Å². The lowest BCUT2D eigenvalue weighted by Gasteiger charge is -2.31. The van der Waals surface area contributed by atoms with Crippen molar-refractivity contribution in [3.8, 4) is 0 Å². The molecule has 0 bridgehead atoms. The third kappa shape index (κ3) is 1.54. The van der Waals surface area contributed by atoms with Crippen molar-refractivity contribution in [3.05, 3.63) is 0 Å². The van der Waals surface area contributed by atoms with E-state index in [1.54, 1.807) is 0 Å². The molecular formula is C9H19N3. The van der Waals surface area contributed by atoms with Gasteiger partial charge in [0.25, 0.3) is 0 Å². The van der Waals surface area contributed by atoms with Gasteiger partial charge >= 0.3 is 0 Å². The fraction of sp³-hybridized carbons (Fsp3) is 0.889. The van der Waals surface area contributed by atoms with Crippen LogP contribution in [0.15, 0.2) is 5.10 Å². The first-order valence-corrected chi connectivity index (χ1v) is 4.78. The van der Waals surface area contributed by atoms with E-state index in [4.69, 9.17) is 0 Å². The summed E-state index contributed by atoms with van der Waals surface area (Å²) in [5, 5.41) is 6.54. The van der Waals surface area contributed by atoms with Crippen LogP contribution in [-0.4, -0.2) is 35.0 Å². The molecule has 0 aromatic carbocycles. The molecule has 1 atom stereocenters. The van der Waals surface area contributed by atoms with E-state index in [0.717, 1.165) is 13.0 Å². The Kier molecular flexibility index (Phi) is 2.95. The van der Waals surface area contributed by atoms with Crippen molar-refractivity contribution >= 4 is 6.34 Å². The molecule has 0 amide bonds. The molecule has 0 spiro atoms. The number of hydrogen-bond acceptors (Lipinski definition) is 3. The molecule has 1 heterocycles. The predicted octanol–water partition coefficient (Wildman–Crippen LogP) is 1.71. The number of rotatable bonds is 3. The lowest BCUT2D eigenvalue weighted by molar-refractivity contribution is 0.0992. The van der Waals surface area contributed by atoms with E-state index in [9.17, 15) is 0 Å². The van der Waals surface area contributed by atoms with Gasteiger partial charge in [-0.25, -0.2) is 0 Å². The second-order valence-electron chi connectivity index (χ2n) is 3.42. The van der Waals surface area contributed by atoms with Crippen molar-refractivity contribution in [2.45, 2.75) is 46.3 Å². The molecule has 3 heteroatoms. The van der Waals surface area contributed by atoms with Gasteiger partial charge in [0.1, 0.15) is 12.5 Å². The number of nitrogens with zero attached hydrogens (tertiary/aromatic N) is 3. The molecule has 0 saturated carbocycles. The van der Waals surface area contributed by atoms with Crippen molar-refractivity contribution < 1.29 is 0 Å². The predicted molar refractivity (Wildman–Crippen MR) is 51.9 cm³/mol. The molecule has 1 aliphatic rings. The first-order valence-electron chi connectivity index (χ1n) is 4.78. The van der Waals surface area contributed by atoms with Gasteiger partial charge in [0.2, 0.25) is 0 Å². The van der Waals surface area contributed by atoms with Crippen molar-refractivity contribution in [1.29, 1.82) is 0 Å². The van der Waals surface area contributed by atoms with E-state index in [1.807, 2.05) is 6.34 Å². The van der Waals surface area contributed by atoms with Gasteiger partial charge in [0.05, 0.1) is 0 Å². The fourth-order valence-corrected chi connectivity index (χ4v) is 1.62. The molecule has 1 aliphatic heterocycles. The standard InChI is InChI=1S/C9H19N3/c1-5-9-11(6-2)7-10-12(9)8(3)4/h7-9H,5-6H2,1-4H3. The Morgan fingerprint density at radius 3 is 2.50 bits per heavy atom. The molecule has 0 fully saturated rings. The summed E-state index contributed by atoms with van der Waals surface area (Å²) in [5.74, 6) is 0. The van der Waals surface area contributed by atoms with Crippen molar-refractivity contribution in [2.75, 3.05) is 6.54 Å². The summed E-state index contributed by atoms with van der Waals surface area (Å²) in [6.07, 6.45) is 3.56. The SMILES string of the molecule is CCC1N(CC)C=NN1C(C)C. The highest BCUT2D eigenvalue weighted by Gasteiger charge is 2.26. The van der Waals surface area contributed by atoms with Crippen molar-refractivity contribution in [2.24, 2.45) is 5.10 Å². The Balaban J connectivity index is 2.62. The molecule has 0 aliphatic carbocycles. The number of hydrogen-bond donors (Lipinski definition) is 0. The molecule has 0 saturated heterocycles. The van der Waals surface area contributed by atoms with Crippen LogP contribution in [0.4, 0.5) is 0 Å². The Morgan fingerprint density at radius 2 is 2.08 bits per heavy atom. The second kappa shape index (κ2) is 3.78. The normalized spacial score (nSPS) is 22.9.